The summed E-state index contributed by atoms with van der Waals surface area (Å²) in [6, 6.07) is 14.2. The fourth-order valence-corrected chi connectivity index (χ4v) is 5.05. The van der Waals surface area contributed by atoms with Gasteiger partial charge < -0.3 is 9.32 Å². The van der Waals surface area contributed by atoms with Crippen molar-refractivity contribution in [3.05, 3.63) is 60.5 Å². The number of rotatable bonds is 4. The molecule has 140 valence electrons. The average molecular weight is 385 g/mol. The van der Waals surface area contributed by atoms with Gasteiger partial charge in [-0.3, -0.25) is 4.79 Å². The Morgan fingerprint density at radius 1 is 1.22 bits per heavy atom. The van der Waals surface area contributed by atoms with Crippen molar-refractivity contribution >= 4 is 15.7 Å². The van der Waals surface area contributed by atoms with E-state index in [-0.39, 0.29) is 23.5 Å². The molecule has 1 fully saturated rings. The van der Waals surface area contributed by atoms with E-state index in [1.807, 2.05) is 30.3 Å². The largest absolute Gasteiger partial charge is 0.463 e. The first-order valence-electron chi connectivity index (χ1n) is 8.61. The lowest BCUT2D eigenvalue weighted by Crippen LogP contribution is -2.38. The fourth-order valence-electron chi connectivity index (χ4n) is 3.27. The third-order valence-electron chi connectivity index (χ3n) is 4.78. The van der Waals surface area contributed by atoms with E-state index in [0.29, 0.717) is 23.6 Å². The van der Waals surface area contributed by atoms with Gasteiger partial charge in [-0.15, -0.1) is 0 Å². The Labute approximate surface area is 157 Å². The highest BCUT2D eigenvalue weighted by Gasteiger charge is 2.34. The predicted molar refractivity (Wildman–Crippen MR) is 100 cm³/mol. The van der Waals surface area contributed by atoms with Gasteiger partial charge in [-0.05, 0) is 30.7 Å². The van der Waals surface area contributed by atoms with E-state index in [1.165, 1.54) is 4.90 Å². The van der Waals surface area contributed by atoms with Crippen molar-refractivity contribution in [2.45, 2.75) is 12.5 Å². The number of benzene rings is 1. The second-order valence-corrected chi connectivity index (χ2v) is 8.84. The number of hydrogen-bond acceptors (Lipinski definition) is 5. The number of amides is 1. The average Bonchev–Trinajstić information content (AvgIpc) is 3.40. The lowest BCUT2D eigenvalue weighted by atomic mass is 10.2. The first kappa shape index (κ1) is 17.5. The maximum atomic E-state index is 13.2. The normalized spacial score (nSPS) is 18.5. The molecule has 3 aromatic rings. The molecular formula is C19H19N3O4S. The highest BCUT2D eigenvalue weighted by Crippen LogP contribution is 2.25. The monoisotopic (exact) mass is 385 g/mol. The molecule has 0 saturated carbocycles. The highest BCUT2D eigenvalue weighted by molar-refractivity contribution is 7.91. The molecule has 8 heteroatoms. The minimum absolute atomic E-state index is 0.000243. The Bertz CT molecular complexity index is 1060. The van der Waals surface area contributed by atoms with Crippen LogP contribution in [-0.4, -0.2) is 53.6 Å². The van der Waals surface area contributed by atoms with Crippen molar-refractivity contribution in [3.8, 4) is 17.1 Å². The van der Waals surface area contributed by atoms with Gasteiger partial charge in [0.2, 0.25) is 0 Å². The molecule has 1 aliphatic rings. The summed E-state index contributed by atoms with van der Waals surface area (Å²) in [4.78, 5) is 14.7. The smallest absolute Gasteiger partial charge is 0.272 e. The number of hydrogen-bond donors (Lipinski definition) is 0. The van der Waals surface area contributed by atoms with Crippen LogP contribution in [0.4, 0.5) is 0 Å². The van der Waals surface area contributed by atoms with Crippen LogP contribution in [0.5, 0.6) is 0 Å². The topological polar surface area (TPSA) is 85.4 Å². The van der Waals surface area contributed by atoms with Gasteiger partial charge in [0.15, 0.2) is 15.6 Å². The Balaban J connectivity index is 1.73. The summed E-state index contributed by atoms with van der Waals surface area (Å²) in [5.74, 6) is 0.404. The van der Waals surface area contributed by atoms with Crippen LogP contribution in [0, 0.1) is 0 Å². The number of sulfone groups is 1. The molecule has 0 spiro atoms. The summed E-state index contributed by atoms with van der Waals surface area (Å²) >= 11 is 0. The second-order valence-electron chi connectivity index (χ2n) is 6.61. The van der Waals surface area contributed by atoms with Crippen molar-refractivity contribution in [1.29, 1.82) is 0 Å². The Morgan fingerprint density at radius 3 is 2.63 bits per heavy atom. The molecule has 0 radical (unpaired) electrons. The third-order valence-corrected chi connectivity index (χ3v) is 6.53. The molecule has 0 N–H and O–H groups in total. The van der Waals surface area contributed by atoms with Crippen LogP contribution in [-0.2, 0) is 9.84 Å². The summed E-state index contributed by atoms with van der Waals surface area (Å²) in [5, 5.41) is 4.54. The van der Waals surface area contributed by atoms with E-state index in [4.69, 9.17) is 4.42 Å². The lowest BCUT2D eigenvalue weighted by molar-refractivity contribution is 0.0738. The first-order valence-corrected chi connectivity index (χ1v) is 10.4. The number of carbonyl (C=O) groups excluding carboxylic acids is 1. The summed E-state index contributed by atoms with van der Waals surface area (Å²) in [7, 11) is -1.44. The van der Waals surface area contributed by atoms with Crippen molar-refractivity contribution < 1.29 is 17.6 Å². The van der Waals surface area contributed by atoms with Crippen molar-refractivity contribution in [1.82, 2.24) is 14.7 Å². The molecule has 7 nitrogen and oxygen atoms in total. The Hall–Kier alpha value is -2.87. The first-order chi connectivity index (χ1) is 12.9. The van der Waals surface area contributed by atoms with Crippen molar-refractivity contribution in [3.63, 3.8) is 0 Å². The molecule has 4 rings (SSSR count). The zero-order chi connectivity index (χ0) is 19.0. The number of nitrogens with zero attached hydrogens (tertiary/aromatic N) is 3. The lowest BCUT2D eigenvalue weighted by Gasteiger charge is -2.23. The van der Waals surface area contributed by atoms with Gasteiger partial charge in [0, 0.05) is 19.2 Å². The van der Waals surface area contributed by atoms with Crippen LogP contribution in [0.3, 0.4) is 0 Å². The molecule has 1 atom stereocenters. The minimum Gasteiger partial charge on any atom is -0.463 e. The quantitative estimate of drug-likeness (QED) is 0.688. The number of aromatic nitrogens is 2. The number of para-hydroxylation sites is 1. The van der Waals surface area contributed by atoms with Gasteiger partial charge in [0.05, 0.1) is 23.5 Å². The SMILES string of the molecule is CN(C(=O)c1cc(-c2ccco2)nn1-c1ccccc1)[C@@H]1CCS(=O)(=O)C1. The van der Waals surface area contributed by atoms with Gasteiger partial charge in [0.1, 0.15) is 11.4 Å². The van der Waals surface area contributed by atoms with Crippen LogP contribution in [0.15, 0.2) is 59.2 Å². The maximum Gasteiger partial charge on any atom is 0.272 e. The van der Waals surface area contributed by atoms with Crippen LogP contribution in [0.25, 0.3) is 17.1 Å². The van der Waals surface area contributed by atoms with Crippen LogP contribution < -0.4 is 0 Å². The molecule has 0 bridgehead atoms. The van der Waals surface area contributed by atoms with E-state index >= 15 is 0 Å². The minimum atomic E-state index is -3.08. The second kappa shape index (κ2) is 6.70. The molecule has 0 aliphatic carbocycles. The molecule has 27 heavy (non-hydrogen) atoms. The molecule has 1 saturated heterocycles. The summed E-state index contributed by atoms with van der Waals surface area (Å²) < 4.78 is 30.5. The number of furan rings is 1. The van der Waals surface area contributed by atoms with Gasteiger partial charge in [-0.1, -0.05) is 18.2 Å². The summed E-state index contributed by atoms with van der Waals surface area (Å²) in [6.45, 7) is 0. The Kier molecular flexibility index (Phi) is 4.35. The summed E-state index contributed by atoms with van der Waals surface area (Å²) in [6.07, 6.45) is 2.00. The zero-order valence-electron chi connectivity index (χ0n) is 14.8. The van der Waals surface area contributed by atoms with Crippen LogP contribution >= 0.6 is 0 Å². The molecule has 3 heterocycles. The maximum absolute atomic E-state index is 13.2. The van der Waals surface area contributed by atoms with Crippen LogP contribution in [0.1, 0.15) is 16.9 Å². The molecule has 2 aromatic heterocycles. The molecule has 0 unspecified atom stereocenters. The van der Waals surface area contributed by atoms with Crippen molar-refractivity contribution in [2.24, 2.45) is 0 Å². The molecular weight excluding hydrogens is 366 g/mol. The molecule has 1 aliphatic heterocycles. The number of carbonyl (C=O) groups is 1. The van der Waals surface area contributed by atoms with Crippen LogP contribution in [0.2, 0.25) is 0 Å². The standard InChI is InChI=1S/C19H19N3O4S/c1-21(15-9-11-27(24,25)13-15)19(23)17-12-16(18-8-5-10-26-18)20-22(17)14-6-3-2-4-7-14/h2-8,10,12,15H,9,11,13H2,1H3/t15-/m1/s1. The van der Waals surface area contributed by atoms with Gasteiger partial charge in [-0.25, -0.2) is 13.1 Å². The molecule has 1 aromatic carbocycles. The van der Waals surface area contributed by atoms with E-state index < -0.39 is 9.84 Å². The van der Waals surface area contributed by atoms with Gasteiger partial charge in [-0.2, -0.15) is 5.10 Å². The fraction of sp³-hybridized carbons (Fsp3) is 0.263. The van der Waals surface area contributed by atoms with E-state index in [2.05, 4.69) is 5.10 Å². The predicted octanol–water partition coefficient (Wildman–Crippen LogP) is 2.39. The molecule has 1 amide bonds. The van der Waals surface area contributed by atoms with E-state index in [1.54, 1.807) is 36.2 Å². The zero-order valence-corrected chi connectivity index (χ0v) is 15.6. The van der Waals surface area contributed by atoms with Gasteiger partial charge >= 0.3 is 0 Å². The summed E-state index contributed by atoms with van der Waals surface area (Å²) in [5.41, 5.74) is 1.64. The van der Waals surface area contributed by atoms with Crippen molar-refractivity contribution in [2.75, 3.05) is 18.6 Å². The highest BCUT2D eigenvalue weighted by atomic mass is 32.2. The van der Waals surface area contributed by atoms with E-state index in [0.717, 1.165) is 5.69 Å². The van der Waals surface area contributed by atoms with Gasteiger partial charge in [0.25, 0.3) is 5.91 Å². The Morgan fingerprint density at radius 2 is 2.00 bits per heavy atom. The van der Waals surface area contributed by atoms with E-state index in [9.17, 15) is 13.2 Å². The third kappa shape index (κ3) is 3.40.